The van der Waals surface area contributed by atoms with Gasteiger partial charge in [0.2, 0.25) is 0 Å². The van der Waals surface area contributed by atoms with Gasteiger partial charge in [0.05, 0.1) is 11.6 Å². The van der Waals surface area contributed by atoms with E-state index in [4.69, 9.17) is 10.4 Å². The van der Waals surface area contributed by atoms with E-state index in [1.807, 2.05) is 6.92 Å². The number of anilines is 1. The zero-order valence-electron chi connectivity index (χ0n) is 9.50. The smallest absolute Gasteiger partial charge is 0.150 e. The Hall–Kier alpha value is -1.67. The lowest BCUT2D eigenvalue weighted by atomic mass is 10.1. The number of aliphatic hydroxyl groups is 1. The van der Waals surface area contributed by atoms with E-state index in [0.29, 0.717) is 12.8 Å². The lowest BCUT2D eigenvalue weighted by molar-refractivity contribution is 0.278. The molecule has 1 rings (SSSR count). The minimum absolute atomic E-state index is 0.0506. The first-order valence-corrected chi connectivity index (χ1v) is 5.38. The number of nitrogens with one attached hydrogen (secondary N) is 1. The molecule has 5 heteroatoms. The predicted octanol–water partition coefficient (Wildman–Crippen LogP) is 2.41. The topological polar surface area (TPSA) is 56.0 Å². The summed E-state index contributed by atoms with van der Waals surface area (Å²) in [5.41, 5.74) is -0.301. The average molecular weight is 240 g/mol. The first kappa shape index (κ1) is 13.4. The summed E-state index contributed by atoms with van der Waals surface area (Å²) in [5.74, 6) is -1.59. The normalized spacial score (nSPS) is 11.9. The predicted molar refractivity (Wildman–Crippen MR) is 60.5 cm³/mol. The molecule has 1 aromatic rings. The van der Waals surface area contributed by atoms with Crippen molar-refractivity contribution >= 4 is 5.69 Å². The van der Waals surface area contributed by atoms with Crippen LogP contribution in [0.5, 0.6) is 0 Å². The van der Waals surface area contributed by atoms with Crippen LogP contribution in [0, 0.1) is 23.0 Å². The van der Waals surface area contributed by atoms with Crippen LogP contribution in [0.3, 0.4) is 0 Å². The SMILES string of the molecule is CCC(CCO)Nc1c(F)cc(C#N)cc1F. The maximum absolute atomic E-state index is 13.5. The molecule has 0 fully saturated rings. The van der Waals surface area contributed by atoms with Gasteiger partial charge in [-0.05, 0) is 25.0 Å². The third kappa shape index (κ3) is 3.40. The van der Waals surface area contributed by atoms with Crippen LogP contribution in [0.2, 0.25) is 0 Å². The molecule has 92 valence electrons. The van der Waals surface area contributed by atoms with Gasteiger partial charge in [0.15, 0.2) is 11.6 Å². The van der Waals surface area contributed by atoms with E-state index in [1.54, 1.807) is 6.07 Å². The molecule has 1 atom stereocenters. The number of nitrogens with zero attached hydrogens (tertiary/aromatic N) is 1. The van der Waals surface area contributed by atoms with E-state index in [1.165, 1.54) is 0 Å². The lowest BCUT2D eigenvalue weighted by Crippen LogP contribution is -2.21. The lowest BCUT2D eigenvalue weighted by Gasteiger charge is -2.18. The summed E-state index contributed by atoms with van der Waals surface area (Å²) in [6.45, 7) is 1.80. The number of aliphatic hydroxyl groups excluding tert-OH is 1. The average Bonchev–Trinajstić information content (AvgIpc) is 2.31. The monoisotopic (exact) mass is 240 g/mol. The number of rotatable bonds is 5. The van der Waals surface area contributed by atoms with Gasteiger partial charge < -0.3 is 10.4 Å². The molecule has 0 spiro atoms. The van der Waals surface area contributed by atoms with Crippen molar-refractivity contribution in [3.05, 3.63) is 29.3 Å². The summed E-state index contributed by atoms with van der Waals surface area (Å²) in [4.78, 5) is 0. The highest BCUT2D eigenvalue weighted by atomic mass is 19.1. The maximum atomic E-state index is 13.5. The fourth-order valence-electron chi connectivity index (χ4n) is 1.51. The molecule has 1 aromatic carbocycles. The molecule has 0 aliphatic carbocycles. The molecular formula is C12H14F2N2O. The number of nitriles is 1. The largest absolute Gasteiger partial charge is 0.396 e. The maximum Gasteiger partial charge on any atom is 0.150 e. The molecule has 0 bridgehead atoms. The first-order valence-electron chi connectivity index (χ1n) is 5.38. The molecule has 0 saturated heterocycles. The van der Waals surface area contributed by atoms with E-state index in [2.05, 4.69) is 5.32 Å². The Bertz CT molecular complexity index is 406. The van der Waals surface area contributed by atoms with Gasteiger partial charge in [-0.2, -0.15) is 5.26 Å². The van der Waals surface area contributed by atoms with Crippen molar-refractivity contribution in [2.45, 2.75) is 25.8 Å². The molecular weight excluding hydrogens is 226 g/mol. The van der Waals surface area contributed by atoms with Crippen LogP contribution in [0.4, 0.5) is 14.5 Å². The van der Waals surface area contributed by atoms with Crippen molar-refractivity contribution < 1.29 is 13.9 Å². The highest BCUT2D eigenvalue weighted by molar-refractivity contribution is 5.50. The Labute approximate surface area is 98.7 Å². The molecule has 0 heterocycles. The van der Waals surface area contributed by atoms with Crippen LogP contribution in [0.15, 0.2) is 12.1 Å². The van der Waals surface area contributed by atoms with Gasteiger partial charge in [-0.15, -0.1) is 0 Å². The van der Waals surface area contributed by atoms with E-state index in [9.17, 15) is 8.78 Å². The molecule has 0 aliphatic heterocycles. The van der Waals surface area contributed by atoms with Crippen LogP contribution in [-0.4, -0.2) is 17.8 Å². The van der Waals surface area contributed by atoms with Crippen molar-refractivity contribution in [2.24, 2.45) is 0 Å². The second kappa shape index (κ2) is 6.16. The molecule has 0 aromatic heterocycles. The summed E-state index contributed by atoms with van der Waals surface area (Å²) in [5, 5.41) is 20.0. The van der Waals surface area contributed by atoms with Gasteiger partial charge >= 0.3 is 0 Å². The van der Waals surface area contributed by atoms with Gasteiger partial charge in [0.25, 0.3) is 0 Å². The van der Waals surface area contributed by atoms with Gasteiger partial charge in [-0.3, -0.25) is 0 Å². The molecule has 0 aliphatic rings. The van der Waals surface area contributed by atoms with Gasteiger partial charge in [-0.1, -0.05) is 6.92 Å². The summed E-state index contributed by atoms with van der Waals surface area (Å²) in [7, 11) is 0. The standard InChI is InChI=1S/C12H14F2N2O/c1-2-9(3-4-17)16-12-10(13)5-8(7-15)6-11(12)14/h5-6,9,16-17H,2-4H2,1H3. The first-order chi connectivity index (χ1) is 8.12. The number of hydrogen-bond acceptors (Lipinski definition) is 3. The zero-order valence-corrected chi connectivity index (χ0v) is 9.50. The number of halogens is 2. The minimum atomic E-state index is -0.794. The highest BCUT2D eigenvalue weighted by Crippen LogP contribution is 2.22. The fraction of sp³-hybridized carbons (Fsp3) is 0.417. The van der Waals surface area contributed by atoms with Gasteiger partial charge in [-0.25, -0.2) is 8.78 Å². The second-order valence-electron chi connectivity index (χ2n) is 3.69. The summed E-state index contributed by atoms with van der Waals surface area (Å²) in [6, 6.07) is 3.45. The summed E-state index contributed by atoms with van der Waals surface area (Å²) < 4.78 is 27.0. The van der Waals surface area contributed by atoms with Crippen LogP contribution in [0.25, 0.3) is 0 Å². The van der Waals surface area contributed by atoms with Crippen molar-refractivity contribution in [1.82, 2.24) is 0 Å². The molecule has 17 heavy (non-hydrogen) atoms. The Morgan fingerprint density at radius 1 is 1.41 bits per heavy atom. The zero-order chi connectivity index (χ0) is 12.8. The third-order valence-corrected chi connectivity index (χ3v) is 2.49. The van der Waals surface area contributed by atoms with Gasteiger partial charge in [0.1, 0.15) is 5.69 Å². The third-order valence-electron chi connectivity index (χ3n) is 2.49. The molecule has 0 amide bonds. The van der Waals surface area contributed by atoms with Crippen molar-refractivity contribution in [3.8, 4) is 6.07 Å². The molecule has 2 N–H and O–H groups in total. The summed E-state index contributed by atoms with van der Waals surface area (Å²) >= 11 is 0. The van der Waals surface area contributed by atoms with E-state index < -0.39 is 11.6 Å². The van der Waals surface area contributed by atoms with E-state index in [-0.39, 0.29) is 23.9 Å². The highest BCUT2D eigenvalue weighted by Gasteiger charge is 2.14. The van der Waals surface area contributed by atoms with E-state index in [0.717, 1.165) is 12.1 Å². The van der Waals surface area contributed by atoms with E-state index >= 15 is 0 Å². The number of hydrogen-bond donors (Lipinski definition) is 2. The van der Waals surface area contributed by atoms with Crippen molar-refractivity contribution in [1.29, 1.82) is 5.26 Å². The Morgan fingerprint density at radius 2 is 2.00 bits per heavy atom. The van der Waals surface area contributed by atoms with Crippen LogP contribution in [-0.2, 0) is 0 Å². The fourth-order valence-corrected chi connectivity index (χ4v) is 1.51. The van der Waals surface area contributed by atoms with Crippen LogP contribution in [0.1, 0.15) is 25.3 Å². The van der Waals surface area contributed by atoms with Crippen molar-refractivity contribution in [3.63, 3.8) is 0 Å². The van der Waals surface area contributed by atoms with Crippen molar-refractivity contribution in [2.75, 3.05) is 11.9 Å². The second-order valence-corrected chi connectivity index (χ2v) is 3.69. The molecule has 3 nitrogen and oxygen atoms in total. The Morgan fingerprint density at radius 3 is 2.41 bits per heavy atom. The number of benzene rings is 1. The molecule has 0 saturated carbocycles. The van der Waals surface area contributed by atoms with Crippen LogP contribution < -0.4 is 5.32 Å². The minimum Gasteiger partial charge on any atom is -0.396 e. The Kier molecular flexibility index (Phi) is 4.85. The summed E-state index contributed by atoms with van der Waals surface area (Å²) in [6.07, 6.45) is 1.05. The molecule has 1 unspecified atom stereocenters. The quantitative estimate of drug-likeness (QED) is 0.831. The van der Waals surface area contributed by atoms with Gasteiger partial charge in [0, 0.05) is 12.6 Å². The Balaban J connectivity index is 2.95. The van der Waals surface area contributed by atoms with Crippen LogP contribution >= 0.6 is 0 Å². The molecule has 0 radical (unpaired) electrons.